The van der Waals surface area contributed by atoms with Gasteiger partial charge in [0.25, 0.3) is 0 Å². The number of benzene rings is 2. The molecule has 6 nitrogen and oxygen atoms in total. The number of methoxy groups -OCH3 is 1. The Labute approximate surface area is 213 Å². The second kappa shape index (κ2) is 24.9. The predicted octanol–water partition coefficient (Wildman–Crippen LogP) is 6.27. The minimum absolute atomic E-state index is 0.0336. The molecule has 0 amide bonds. The molecule has 0 saturated carbocycles. The van der Waals surface area contributed by atoms with Crippen molar-refractivity contribution in [2.45, 2.75) is 33.8 Å². The molecule has 2 N–H and O–H groups in total. The molecule has 2 aromatic rings. The number of hydrogen-bond acceptors (Lipinski definition) is 6. The van der Waals surface area contributed by atoms with Crippen molar-refractivity contribution in [1.82, 2.24) is 0 Å². The van der Waals surface area contributed by atoms with Crippen LogP contribution < -0.4 is 10.1 Å². The third-order valence-corrected chi connectivity index (χ3v) is 4.57. The Balaban J connectivity index is -0.000000463. The molecule has 0 aliphatic rings. The molecule has 0 aromatic heterocycles. The fraction of sp³-hybridized carbons (Fsp3) is 0.333. The molecule has 2 aromatic carbocycles. The highest BCUT2D eigenvalue weighted by atomic mass is 79.9. The van der Waals surface area contributed by atoms with Crippen molar-refractivity contribution >= 4 is 34.7 Å². The molecule has 0 bridgehead atoms. The van der Waals surface area contributed by atoms with Crippen LogP contribution in [0.4, 0.5) is 5.69 Å². The van der Waals surface area contributed by atoms with Gasteiger partial charge in [-0.2, -0.15) is 0 Å². The Kier molecular flexibility index (Phi) is 26.2. The second-order valence-corrected chi connectivity index (χ2v) is 7.30. The highest BCUT2D eigenvalue weighted by molar-refractivity contribution is 9.10. The van der Waals surface area contributed by atoms with Crippen LogP contribution in [0.3, 0.4) is 0 Å². The number of rotatable bonds is 7. The predicted molar refractivity (Wildman–Crippen MR) is 147 cm³/mol. The highest BCUT2D eigenvalue weighted by Gasteiger charge is 2.09. The van der Waals surface area contributed by atoms with Crippen LogP contribution in [0.25, 0.3) is 0 Å². The van der Waals surface area contributed by atoms with Crippen LogP contribution in [0.15, 0.2) is 71.2 Å². The summed E-state index contributed by atoms with van der Waals surface area (Å²) in [6, 6.07) is 13.6. The molecule has 7 heteroatoms. The maximum Gasteiger partial charge on any atom is 0.152 e. The summed E-state index contributed by atoms with van der Waals surface area (Å²) in [5, 5.41) is 9.92. The van der Waals surface area contributed by atoms with Gasteiger partial charge in [0.1, 0.15) is 25.2 Å². The maximum absolute atomic E-state index is 10.5. The van der Waals surface area contributed by atoms with E-state index in [0.717, 1.165) is 29.3 Å². The molecule has 0 spiro atoms. The van der Waals surface area contributed by atoms with Gasteiger partial charge in [0.05, 0.1) is 0 Å². The Bertz CT molecular complexity index is 807. The van der Waals surface area contributed by atoms with Crippen LogP contribution in [0, 0.1) is 6.92 Å². The minimum Gasteiger partial charge on any atom is -0.491 e. The first kappa shape index (κ1) is 35.8. The lowest BCUT2D eigenvalue weighted by atomic mass is 10.2. The number of nitrogens with one attached hydrogen (secondary N) is 1. The van der Waals surface area contributed by atoms with E-state index in [2.05, 4.69) is 34.7 Å². The zero-order chi connectivity index (χ0) is 26.9. The largest absolute Gasteiger partial charge is 0.491 e. The zero-order valence-corrected chi connectivity index (χ0v) is 23.0. The number of carbonyl (C=O) groups is 2. The minimum atomic E-state index is 0.0336. The van der Waals surface area contributed by atoms with Crippen LogP contribution in [0.1, 0.15) is 36.7 Å². The first-order valence-corrected chi connectivity index (χ1v) is 11.2. The molecule has 1 unspecified atom stereocenters. The lowest BCUT2D eigenvalue weighted by Gasteiger charge is -2.16. The number of hydrogen-bond donors (Lipinski definition) is 2. The van der Waals surface area contributed by atoms with Gasteiger partial charge in [-0.1, -0.05) is 45.8 Å². The van der Waals surface area contributed by atoms with Crippen LogP contribution in [0.5, 0.6) is 5.75 Å². The summed E-state index contributed by atoms with van der Waals surface area (Å²) < 4.78 is 11.9. The van der Waals surface area contributed by atoms with Crippen molar-refractivity contribution in [2.24, 2.45) is 0 Å². The third kappa shape index (κ3) is 16.8. The van der Waals surface area contributed by atoms with Crippen LogP contribution >= 0.6 is 15.9 Å². The number of aliphatic hydroxyl groups is 1. The summed E-state index contributed by atoms with van der Waals surface area (Å²) in [5.74, 6) is 0.886. The van der Waals surface area contributed by atoms with E-state index in [-0.39, 0.29) is 6.10 Å². The fourth-order valence-electron chi connectivity index (χ4n) is 2.24. The molecule has 190 valence electrons. The highest BCUT2D eigenvalue weighted by Crippen LogP contribution is 2.18. The van der Waals surface area contributed by atoms with E-state index in [4.69, 9.17) is 19.4 Å². The summed E-state index contributed by atoms with van der Waals surface area (Å²) in [6.45, 7) is 13.9. The van der Waals surface area contributed by atoms with Crippen molar-refractivity contribution in [2.75, 3.05) is 33.2 Å². The standard InChI is InChI=1S/C14H20O2.C8H8BrNO.C3H6.CH4O.CH2O/c1-5-12(3)14(15-4)10-16-13-8-6-11(2)7-9-13;1-10-8-3-2-7(9)4-6(8)5-11;1-3-2;2*1-2/h5-9,14H,10H2,1-4H3;2-5,10H,1H3;3H,1H2,2H3;2H,1H3;1H2/b12-5+;;;;. The summed E-state index contributed by atoms with van der Waals surface area (Å²) >= 11 is 3.28. The van der Waals surface area contributed by atoms with Gasteiger partial charge in [-0.25, -0.2) is 0 Å². The van der Waals surface area contributed by atoms with Gasteiger partial charge in [0.2, 0.25) is 0 Å². The van der Waals surface area contributed by atoms with Gasteiger partial charge >= 0.3 is 0 Å². The molecule has 0 heterocycles. The van der Waals surface area contributed by atoms with E-state index in [1.807, 2.05) is 70.0 Å². The number of carbonyl (C=O) groups excluding carboxylic acids is 2. The Hall–Kier alpha value is -2.74. The van der Waals surface area contributed by atoms with Crippen LogP contribution in [-0.4, -0.2) is 52.2 Å². The molecule has 0 saturated heterocycles. The summed E-state index contributed by atoms with van der Waals surface area (Å²) in [5.41, 5.74) is 3.94. The van der Waals surface area contributed by atoms with E-state index in [0.29, 0.717) is 12.2 Å². The SMILES string of the molecule is C/C=C(\C)C(COc1ccc(C)cc1)OC.C=CC.C=O.CNc1ccc(Br)cc1C=O.CO. The van der Waals surface area contributed by atoms with Crippen molar-refractivity contribution < 1.29 is 24.2 Å². The normalized spacial score (nSPS) is 10.1. The first-order valence-electron chi connectivity index (χ1n) is 10.4. The second-order valence-electron chi connectivity index (χ2n) is 6.39. The summed E-state index contributed by atoms with van der Waals surface area (Å²) in [6.07, 6.45) is 4.66. The van der Waals surface area contributed by atoms with E-state index in [1.165, 1.54) is 11.1 Å². The number of allylic oxidation sites excluding steroid dienone is 2. The molecule has 0 fully saturated rings. The number of ether oxygens (including phenoxy) is 2. The lowest BCUT2D eigenvalue weighted by molar-refractivity contribution is -0.0980. The number of aldehydes is 1. The first-order chi connectivity index (χ1) is 16.4. The van der Waals surface area contributed by atoms with Crippen molar-refractivity contribution in [3.05, 3.63) is 82.4 Å². The van der Waals surface area contributed by atoms with Crippen molar-refractivity contribution in [3.63, 3.8) is 0 Å². The van der Waals surface area contributed by atoms with Gasteiger partial charge in [0, 0.05) is 37.0 Å². The molecule has 0 aliphatic heterocycles. The van der Waals surface area contributed by atoms with E-state index < -0.39 is 0 Å². The van der Waals surface area contributed by atoms with Crippen molar-refractivity contribution in [1.29, 1.82) is 0 Å². The molecule has 1 atom stereocenters. The Morgan fingerprint density at radius 1 is 1.15 bits per heavy atom. The monoisotopic (exact) mass is 537 g/mol. The Morgan fingerprint density at radius 2 is 1.68 bits per heavy atom. The van der Waals surface area contributed by atoms with Crippen molar-refractivity contribution in [3.8, 4) is 5.75 Å². The van der Waals surface area contributed by atoms with Crippen LogP contribution in [-0.2, 0) is 9.53 Å². The molecular weight excluding hydrogens is 498 g/mol. The van der Waals surface area contributed by atoms with Gasteiger partial charge in [-0.15, -0.1) is 6.58 Å². The zero-order valence-electron chi connectivity index (χ0n) is 21.4. The average Bonchev–Trinajstić information content (AvgIpc) is 2.88. The lowest BCUT2D eigenvalue weighted by Crippen LogP contribution is -2.21. The van der Waals surface area contributed by atoms with Gasteiger partial charge < -0.3 is 24.7 Å². The molecule has 2 rings (SSSR count). The van der Waals surface area contributed by atoms with Gasteiger partial charge in [-0.05, 0) is 63.6 Å². The number of aryl methyl sites for hydroxylation is 1. The maximum atomic E-state index is 10.5. The fourth-order valence-corrected chi connectivity index (χ4v) is 2.62. The summed E-state index contributed by atoms with van der Waals surface area (Å²) in [7, 11) is 4.49. The molecule has 0 radical (unpaired) electrons. The quantitative estimate of drug-likeness (QED) is 0.319. The van der Waals surface area contributed by atoms with Gasteiger partial charge in [-0.3, -0.25) is 4.79 Å². The molecular formula is C27H40BrNO5. The number of halogens is 1. The average molecular weight is 539 g/mol. The van der Waals surface area contributed by atoms with E-state index in [1.54, 1.807) is 26.3 Å². The smallest absolute Gasteiger partial charge is 0.152 e. The third-order valence-electron chi connectivity index (χ3n) is 4.08. The van der Waals surface area contributed by atoms with Crippen LogP contribution in [0.2, 0.25) is 0 Å². The van der Waals surface area contributed by atoms with Gasteiger partial charge in [0.15, 0.2) is 6.29 Å². The molecule has 34 heavy (non-hydrogen) atoms. The summed E-state index contributed by atoms with van der Waals surface area (Å²) in [4.78, 5) is 18.5. The Morgan fingerprint density at radius 3 is 2.09 bits per heavy atom. The van der Waals surface area contributed by atoms with E-state index in [9.17, 15) is 4.79 Å². The van der Waals surface area contributed by atoms with E-state index >= 15 is 0 Å². The molecule has 0 aliphatic carbocycles. The number of anilines is 1. The number of aliphatic hydroxyl groups excluding tert-OH is 1. The topological polar surface area (TPSA) is 84.9 Å².